The van der Waals surface area contributed by atoms with Crippen LogP contribution in [-0.4, -0.2) is 21.2 Å². The first kappa shape index (κ1) is 15.4. The molecule has 0 aromatic heterocycles. The van der Waals surface area contributed by atoms with Crippen molar-refractivity contribution in [3.05, 3.63) is 29.8 Å². The van der Waals surface area contributed by atoms with Crippen LogP contribution < -0.4 is 5.32 Å². The molecule has 2 atom stereocenters. The predicted octanol–water partition coefficient (Wildman–Crippen LogP) is 3.47. The number of rotatable bonds is 5. The number of hydrogen-bond donors (Lipinski definition) is 1. The summed E-state index contributed by atoms with van der Waals surface area (Å²) in [5, 5.41) is 3.47. The third kappa shape index (κ3) is 4.51. The highest BCUT2D eigenvalue weighted by atomic mass is 32.2. The molecule has 1 aliphatic carbocycles. The summed E-state index contributed by atoms with van der Waals surface area (Å²) in [5.74, 6) is 1.57. The van der Waals surface area contributed by atoms with E-state index in [9.17, 15) is 8.42 Å². The lowest BCUT2D eigenvalue weighted by Crippen LogP contribution is -2.24. The van der Waals surface area contributed by atoms with Gasteiger partial charge in [0.15, 0.2) is 9.84 Å². The van der Waals surface area contributed by atoms with Gasteiger partial charge in [-0.15, -0.1) is 0 Å². The van der Waals surface area contributed by atoms with E-state index in [1.807, 2.05) is 24.3 Å². The molecule has 0 saturated heterocycles. The van der Waals surface area contributed by atoms with Gasteiger partial charge in [0.1, 0.15) is 0 Å². The Balaban J connectivity index is 2.02. The zero-order chi connectivity index (χ0) is 14.6. The maximum Gasteiger partial charge on any atom is 0.151 e. The van der Waals surface area contributed by atoms with Crippen LogP contribution in [0.25, 0.3) is 0 Å². The van der Waals surface area contributed by atoms with Gasteiger partial charge in [0.05, 0.1) is 5.75 Å². The Morgan fingerprint density at radius 2 is 1.90 bits per heavy atom. The van der Waals surface area contributed by atoms with Crippen molar-refractivity contribution in [1.29, 1.82) is 0 Å². The summed E-state index contributed by atoms with van der Waals surface area (Å²) in [4.78, 5) is 0. The summed E-state index contributed by atoms with van der Waals surface area (Å²) in [6.45, 7) is 3.27. The molecule has 4 heteroatoms. The minimum absolute atomic E-state index is 0.108. The molecule has 1 aromatic carbocycles. The van der Waals surface area contributed by atoms with Gasteiger partial charge in [0, 0.05) is 18.5 Å². The first-order chi connectivity index (χ1) is 9.46. The fraction of sp³-hybridized carbons (Fsp3) is 0.625. The number of para-hydroxylation sites is 1. The quantitative estimate of drug-likeness (QED) is 0.904. The van der Waals surface area contributed by atoms with Gasteiger partial charge in [0.25, 0.3) is 0 Å². The lowest BCUT2D eigenvalue weighted by Gasteiger charge is -2.29. The van der Waals surface area contributed by atoms with Gasteiger partial charge in [-0.25, -0.2) is 8.42 Å². The lowest BCUT2D eigenvalue weighted by atomic mass is 9.80. The molecule has 2 rings (SSSR count). The molecule has 1 N–H and O–H groups in total. The van der Waals surface area contributed by atoms with Crippen LogP contribution in [0.1, 0.15) is 38.2 Å². The average Bonchev–Trinajstić information content (AvgIpc) is 2.37. The van der Waals surface area contributed by atoms with Gasteiger partial charge in [-0.05, 0) is 29.9 Å². The predicted molar refractivity (Wildman–Crippen MR) is 84.6 cm³/mol. The van der Waals surface area contributed by atoms with Crippen molar-refractivity contribution >= 4 is 15.5 Å². The van der Waals surface area contributed by atoms with Crippen molar-refractivity contribution < 1.29 is 8.42 Å². The molecular formula is C16H25NO2S. The van der Waals surface area contributed by atoms with Crippen LogP contribution >= 0.6 is 0 Å². The molecule has 1 fully saturated rings. The summed E-state index contributed by atoms with van der Waals surface area (Å²) in [6, 6.07) is 7.73. The fourth-order valence-corrected chi connectivity index (χ4v) is 3.86. The molecular weight excluding hydrogens is 270 g/mol. The van der Waals surface area contributed by atoms with E-state index in [1.54, 1.807) is 0 Å². The van der Waals surface area contributed by atoms with E-state index in [0.717, 1.165) is 23.7 Å². The Labute approximate surface area is 122 Å². The van der Waals surface area contributed by atoms with E-state index in [4.69, 9.17) is 0 Å². The summed E-state index contributed by atoms with van der Waals surface area (Å²) >= 11 is 0. The molecule has 1 saturated carbocycles. The van der Waals surface area contributed by atoms with Crippen molar-refractivity contribution in [2.75, 3.05) is 18.1 Å². The third-order valence-corrected chi connectivity index (χ3v) is 5.11. The molecule has 0 heterocycles. The summed E-state index contributed by atoms with van der Waals surface area (Å²) in [7, 11) is -2.99. The van der Waals surface area contributed by atoms with E-state index >= 15 is 0 Å². The van der Waals surface area contributed by atoms with Crippen LogP contribution in [0.3, 0.4) is 0 Å². The highest BCUT2D eigenvalue weighted by molar-refractivity contribution is 7.89. The molecule has 1 aromatic rings. The van der Waals surface area contributed by atoms with Crippen molar-refractivity contribution in [3.8, 4) is 0 Å². The molecule has 0 bridgehead atoms. The Morgan fingerprint density at radius 3 is 2.60 bits per heavy atom. The van der Waals surface area contributed by atoms with Crippen LogP contribution in [0.2, 0.25) is 0 Å². The van der Waals surface area contributed by atoms with Crippen LogP contribution in [-0.2, 0) is 15.6 Å². The summed E-state index contributed by atoms with van der Waals surface area (Å²) in [6.07, 6.45) is 6.55. The van der Waals surface area contributed by atoms with Crippen molar-refractivity contribution in [2.24, 2.45) is 11.8 Å². The van der Waals surface area contributed by atoms with E-state index in [0.29, 0.717) is 5.92 Å². The topological polar surface area (TPSA) is 46.2 Å². The highest BCUT2D eigenvalue weighted by Gasteiger charge is 2.21. The molecule has 112 valence electrons. The SMILES string of the molecule is C[C@@H]1CCCC[C@H]1CNc1ccccc1CS(C)(=O)=O. The van der Waals surface area contributed by atoms with Crippen LogP contribution in [0.4, 0.5) is 5.69 Å². The van der Waals surface area contributed by atoms with Gasteiger partial charge in [0.2, 0.25) is 0 Å². The first-order valence-corrected chi connectivity index (χ1v) is 9.51. The van der Waals surface area contributed by atoms with Crippen molar-refractivity contribution in [3.63, 3.8) is 0 Å². The van der Waals surface area contributed by atoms with E-state index in [1.165, 1.54) is 31.9 Å². The number of anilines is 1. The summed E-state index contributed by atoms with van der Waals surface area (Å²) in [5.41, 5.74) is 1.84. The Kier molecular flexibility index (Phi) is 5.08. The minimum atomic E-state index is -2.99. The molecule has 0 aliphatic heterocycles. The molecule has 0 radical (unpaired) electrons. The monoisotopic (exact) mass is 295 g/mol. The van der Waals surface area contributed by atoms with Gasteiger partial charge >= 0.3 is 0 Å². The molecule has 0 amide bonds. The molecule has 3 nitrogen and oxygen atoms in total. The second kappa shape index (κ2) is 6.61. The first-order valence-electron chi connectivity index (χ1n) is 7.45. The van der Waals surface area contributed by atoms with Crippen molar-refractivity contribution in [2.45, 2.75) is 38.4 Å². The van der Waals surface area contributed by atoms with Crippen LogP contribution in [0.15, 0.2) is 24.3 Å². The second-order valence-corrected chi connectivity index (χ2v) is 8.27. The van der Waals surface area contributed by atoms with Crippen molar-refractivity contribution in [1.82, 2.24) is 0 Å². The highest BCUT2D eigenvalue weighted by Crippen LogP contribution is 2.30. The smallest absolute Gasteiger partial charge is 0.151 e. The Morgan fingerprint density at radius 1 is 1.20 bits per heavy atom. The van der Waals surface area contributed by atoms with Gasteiger partial charge in [-0.2, -0.15) is 0 Å². The normalized spacial score (nSPS) is 23.5. The Hall–Kier alpha value is -1.03. The zero-order valence-corrected chi connectivity index (χ0v) is 13.2. The lowest BCUT2D eigenvalue weighted by molar-refractivity contribution is 0.268. The van der Waals surface area contributed by atoms with E-state index < -0.39 is 9.84 Å². The number of sulfone groups is 1. The summed E-state index contributed by atoms with van der Waals surface area (Å²) < 4.78 is 23.0. The van der Waals surface area contributed by atoms with Crippen LogP contribution in [0, 0.1) is 11.8 Å². The van der Waals surface area contributed by atoms with Crippen LogP contribution in [0.5, 0.6) is 0 Å². The maximum absolute atomic E-state index is 11.5. The minimum Gasteiger partial charge on any atom is -0.385 e. The molecule has 20 heavy (non-hydrogen) atoms. The molecule has 0 spiro atoms. The maximum atomic E-state index is 11.5. The standard InChI is InChI=1S/C16H25NO2S/c1-13-7-3-4-8-14(13)11-17-16-10-6-5-9-15(16)12-20(2,18)19/h5-6,9-10,13-14,17H,3-4,7-8,11-12H2,1-2H3/t13-,14+/m1/s1. The fourth-order valence-electron chi connectivity index (χ4n) is 3.04. The number of nitrogens with one attached hydrogen (secondary N) is 1. The zero-order valence-electron chi connectivity index (χ0n) is 12.4. The van der Waals surface area contributed by atoms with Gasteiger partial charge in [-0.1, -0.05) is 44.4 Å². The van der Waals surface area contributed by atoms with Gasteiger partial charge in [-0.3, -0.25) is 0 Å². The average molecular weight is 295 g/mol. The number of hydrogen-bond acceptors (Lipinski definition) is 3. The second-order valence-electron chi connectivity index (χ2n) is 6.13. The Bertz CT molecular complexity index is 539. The van der Waals surface area contributed by atoms with Gasteiger partial charge < -0.3 is 5.32 Å². The third-order valence-electron chi connectivity index (χ3n) is 4.28. The largest absolute Gasteiger partial charge is 0.385 e. The van der Waals surface area contributed by atoms with E-state index in [-0.39, 0.29) is 5.75 Å². The molecule has 1 aliphatic rings. The van der Waals surface area contributed by atoms with E-state index in [2.05, 4.69) is 12.2 Å². The molecule has 0 unspecified atom stereocenters. The number of benzene rings is 1.